The first-order chi connectivity index (χ1) is 45.3. The van der Waals surface area contributed by atoms with Crippen LogP contribution in [0.15, 0.2) is 78.9 Å². The Morgan fingerprint density at radius 2 is 0.814 bits per heavy atom. The summed E-state index contributed by atoms with van der Waals surface area (Å²) < 4.78 is 77.5. The molecule has 2 fully saturated rings. The minimum atomic E-state index is -2.16. The van der Waals surface area contributed by atoms with Crippen LogP contribution in [0.3, 0.4) is 0 Å². The Hall–Kier alpha value is -7.53. The first-order valence-electron chi connectivity index (χ1n) is 33.8. The van der Waals surface area contributed by atoms with Crippen molar-refractivity contribution in [2.45, 2.75) is 238 Å². The number of nitrogens with zero attached hydrogens (tertiary/aromatic N) is 4. The van der Waals surface area contributed by atoms with Gasteiger partial charge < -0.3 is 52.6 Å². The second-order valence-electron chi connectivity index (χ2n) is 28.9. The quantitative estimate of drug-likeness (QED) is 0.0417. The van der Waals surface area contributed by atoms with Crippen LogP contribution < -0.4 is 0 Å². The van der Waals surface area contributed by atoms with Gasteiger partial charge in [0.15, 0.2) is 24.4 Å². The normalized spacial score (nSPS) is 16.6. The van der Waals surface area contributed by atoms with Crippen LogP contribution in [0, 0.1) is 11.8 Å². The molecule has 2 heterocycles. The summed E-state index contributed by atoms with van der Waals surface area (Å²) in [7, 11) is 5.10. The van der Waals surface area contributed by atoms with Crippen LogP contribution in [0.1, 0.15) is 181 Å². The highest BCUT2D eigenvalue weighted by atomic mass is 19.1. The fourth-order valence-corrected chi connectivity index (χ4v) is 11.6. The molecule has 8 atom stereocenters. The maximum atomic E-state index is 16.1. The molecule has 3 aromatic carbocycles. The molecule has 2 aliphatic heterocycles. The predicted molar refractivity (Wildman–Crippen MR) is 359 cm³/mol. The maximum Gasteiger partial charge on any atom is 0.410 e. The Morgan fingerprint density at radius 1 is 0.454 bits per heavy atom. The van der Waals surface area contributed by atoms with Crippen LogP contribution in [0.2, 0.25) is 0 Å². The summed E-state index contributed by atoms with van der Waals surface area (Å²) in [6.45, 7) is 21.8. The SMILES string of the molecule is CC(C)CC(C(=O)OC(C)C(=O)OCc1ccccc1)N(C)C(=O)C(Cc1ccc(C2CCOCC2)cc1)OC(=O)C(CC(C)(C)F)N(C)C(=O)[C@@H](C)OC(=O)[C@H](CC(C)C)N(C)C(=O)C(Cc1ccc(C2CCOCC2)cc1)OC(=O)[C@H](CC(C)(C)F)N(C)C(=O)OC(C)(C)C. The van der Waals surface area contributed by atoms with E-state index in [0.717, 1.165) is 56.4 Å². The molecule has 538 valence electrons. The summed E-state index contributed by atoms with van der Waals surface area (Å²) >= 11 is 0. The van der Waals surface area contributed by atoms with Gasteiger partial charge in [-0.1, -0.05) is 107 Å². The number of carbonyl (C=O) groups is 9. The molecule has 4 amide bonds. The lowest BCUT2D eigenvalue weighted by atomic mass is 9.90. The minimum absolute atomic E-state index is 0.0402. The van der Waals surface area contributed by atoms with Crippen molar-refractivity contribution in [2.75, 3.05) is 54.6 Å². The van der Waals surface area contributed by atoms with E-state index in [4.69, 9.17) is 37.9 Å². The van der Waals surface area contributed by atoms with Gasteiger partial charge in [0.25, 0.3) is 17.7 Å². The van der Waals surface area contributed by atoms with Crippen LogP contribution in [0.5, 0.6) is 0 Å². The molecule has 0 radical (unpaired) electrons. The van der Waals surface area contributed by atoms with Gasteiger partial charge in [-0.15, -0.1) is 0 Å². The number of halogens is 2. The van der Waals surface area contributed by atoms with E-state index in [0.29, 0.717) is 43.1 Å². The lowest BCUT2D eigenvalue weighted by Crippen LogP contribution is -2.54. The summed E-state index contributed by atoms with van der Waals surface area (Å²) in [4.78, 5) is 133. The Kier molecular flexibility index (Phi) is 30.0. The van der Waals surface area contributed by atoms with Crippen molar-refractivity contribution in [3.63, 3.8) is 0 Å². The van der Waals surface area contributed by atoms with Gasteiger partial charge in [-0.2, -0.15) is 0 Å². The van der Waals surface area contributed by atoms with E-state index in [1.807, 2.05) is 44.2 Å². The topological polar surface area (TPSA) is 240 Å². The van der Waals surface area contributed by atoms with E-state index in [1.54, 1.807) is 83.1 Å². The molecule has 3 aromatic rings. The van der Waals surface area contributed by atoms with Crippen molar-refractivity contribution < 1.29 is 89.8 Å². The number of carbonyl (C=O) groups excluding carboxylic acids is 9. The highest BCUT2D eigenvalue weighted by molar-refractivity contribution is 5.93. The molecule has 0 bridgehead atoms. The van der Waals surface area contributed by atoms with Gasteiger partial charge >= 0.3 is 35.9 Å². The average Bonchev–Trinajstić information content (AvgIpc) is 0.848. The van der Waals surface area contributed by atoms with Crippen LogP contribution in [0.25, 0.3) is 0 Å². The van der Waals surface area contributed by atoms with Gasteiger partial charge in [-0.05, 0) is 152 Å². The summed E-state index contributed by atoms with van der Waals surface area (Å²) in [5, 5.41) is 0. The number of esters is 5. The van der Waals surface area contributed by atoms with Crippen molar-refractivity contribution in [3.8, 4) is 0 Å². The fourth-order valence-electron chi connectivity index (χ4n) is 11.6. The lowest BCUT2D eigenvalue weighted by Gasteiger charge is -2.35. The number of amides is 4. The molecule has 2 aliphatic rings. The molecule has 5 rings (SSSR count). The molecule has 5 unspecified atom stereocenters. The van der Waals surface area contributed by atoms with Crippen molar-refractivity contribution >= 4 is 53.7 Å². The zero-order chi connectivity index (χ0) is 72.3. The van der Waals surface area contributed by atoms with Gasteiger partial charge in [-0.25, -0.2) is 37.5 Å². The van der Waals surface area contributed by atoms with E-state index in [9.17, 15) is 33.6 Å². The zero-order valence-electron chi connectivity index (χ0n) is 60.0. The summed E-state index contributed by atoms with van der Waals surface area (Å²) in [6.07, 6.45) is -5.82. The van der Waals surface area contributed by atoms with Gasteiger partial charge in [0.05, 0.1) is 0 Å². The first-order valence-corrected chi connectivity index (χ1v) is 33.8. The smallest absolute Gasteiger partial charge is 0.410 e. The third kappa shape index (κ3) is 25.7. The molecule has 0 aliphatic carbocycles. The number of rotatable bonds is 32. The van der Waals surface area contributed by atoms with E-state index >= 15 is 18.4 Å². The third-order valence-electron chi connectivity index (χ3n) is 17.2. The molecular formula is C74H106F2N4O17. The average molecular weight is 1360 g/mol. The minimum Gasteiger partial charge on any atom is -0.458 e. The van der Waals surface area contributed by atoms with Gasteiger partial charge in [0, 0.05) is 80.3 Å². The van der Waals surface area contributed by atoms with Crippen molar-refractivity contribution in [3.05, 3.63) is 107 Å². The monoisotopic (exact) mass is 1360 g/mol. The Morgan fingerprint density at radius 3 is 1.19 bits per heavy atom. The molecule has 0 spiro atoms. The van der Waals surface area contributed by atoms with E-state index < -0.39 is 132 Å². The molecule has 23 heteroatoms. The standard InChI is InChI=1S/C74H106F2N4O17/c1-46(2)39-57(77(14)65(83)62(42-51-25-29-54(30-26-51)56-33-37-91-38-34-56)96-70(88)60(44-74(12,13)76)80(17)71(89)97-72(7,8)9)67(85)93-48(5)63(81)79(16)59(43-73(10,11)75)69(87)95-61(41-50-23-27-53(28-24-50)55-31-35-90-36-32-55)64(82)78(15)58(40-47(3)4)68(86)94-49(6)66(84)92-45-52-21-19-18-20-22-52/h18-30,46-49,55-62H,31-45H2,1-17H3/t48-,49?,57+,58?,59?,60+,61?,62?/m1/s1. The van der Waals surface area contributed by atoms with Crippen molar-refractivity contribution in [2.24, 2.45) is 11.8 Å². The van der Waals surface area contributed by atoms with Crippen molar-refractivity contribution in [1.82, 2.24) is 19.6 Å². The number of likely N-dealkylation sites (N-methyl/N-ethyl adjacent to an activating group) is 4. The predicted octanol–water partition coefficient (Wildman–Crippen LogP) is 10.8. The van der Waals surface area contributed by atoms with Crippen LogP contribution in [-0.4, -0.2) is 193 Å². The van der Waals surface area contributed by atoms with Crippen LogP contribution in [-0.2, 0) is 95.7 Å². The first kappa shape index (κ1) is 80.2. The Balaban J connectivity index is 1.44. The van der Waals surface area contributed by atoms with E-state index in [-0.39, 0.29) is 56.0 Å². The molecular weight excluding hydrogens is 1250 g/mol. The highest BCUT2D eigenvalue weighted by Gasteiger charge is 2.44. The Bertz CT molecular complexity index is 3080. The van der Waals surface area contributed by atoms with Crippen LogP contribution in [0.4, 0.5) is 13.6 Å². The van der Waals surface area contributed by atoms with E-state index in [1.165, 1.54) is 69.7 Å². The number of hydrogen-bond donors (Lipinski definition) is 0. The molecule has 0 N–H and O–H groups in total. The third-order valence-corrected chi connectivity index (χ3v) is 17.2. The summed E-state index contributed by atoms with van der Waals surface area (Å²) in [5.74, 6) is -7.93. The highest BCUT2D eigenvalue weighted by Crippen LogP contribution is 2.31. The molecule has 0 saturated carbocycles. The van der Waals surface area contributed by atoms with Crippen LogP contribution >= 0.6 is 0 Å². The fraction of sp³-hybridized carbons (Fsp3) is 0.635. The molecule has 21 nitrogen and oxygen atoms in total. The molecule has 0 aromatic heterocycles. The number of hydrogen-bond acceptors (Lipinski definition) is 17. The molecule has 2 saturated heterocycles. The number of ether oxygens (including phenoxy) is 8. The van der Waals surface area contributed by atoms with Gasteiger partial charge in [0.1, 0.15) is 47.7 Å². The number of alkyl halides is 2. The van der Waals surface area contributed by atoms with E-state index in [2.05, 4.69) is 0 Å². The summed E-state index contributed by atoms with van der Waals surface area (Å²) in [5.41, 5.74) is -1.27. The zero-order valence-corrected chi connectivity index (χ0v) is 60.0. The largest absolute Gasteiger partial charge is 0.458 e. The second-order valence-corrected chi connectivity index (χ2v) is 28.9. The lowest BCUT2D eigenvalue weighted by molar-refractivity contribution is -0.176. The Labute approximate surface area is 572 Å². The van der Waals surface area contributed by atoms with Gasteiger partial charge in [-0.3, -0.25) is 19.3 Å². The second kappa shape index (κ2) is 36.3. The summed E-state index contributed by atoms with van der Waals surface area (Å²) in [6, 6.07) is 17.7. The van der Waals surface area contributed by atoms with Gasteiger partial charge in [0.2, 0.25) is 0 Å². The van der Waals surface area contributed by atoms with Crippen molar-refractivity contribution in [1.29, 1.82) is 0 Å². The number of benzene rings is 3. The maximum absolute atomic E-state index is 16.1. The molecule has 97 heavy (non-hydrogen) atoms.